The van der Waals surface area contributed by atoms with E-state index in [0.29, 0.717) is 5.92 Å². The molecule has 0 unspecified atom stereocenters. The monoisotopic (exact) mass is 337 g/mol. The highest BCUT2D eigenvalue weighted by Crippen LogP contribution is 2.32. The molecule has 0 radical (unpaired) electrons. The van der Waals surface area contributed by atoms with Crippen molar-refractivity contribution in [1.82, 2.24) is 24.5 Å². The molecule has 0 aliphatic carbocycles. The van der Waals surface area contributed by atoms with Crippen LogP contribution in [0, 0.1) is 5.92 Å². The van der Waals surface area contributed by atoms with Gasteiger partial charge in [0.05, 0.1) is 18.1 Å². The number of aromatic nitrogens is 4. The molecular formula is C19H23N5O. The van der Waals surface area contributed by atoms with Gasteiger partial charge in [0.2, 0.25) is 0 Å². The summed E-state index contributed by atoms with van der Waals surface area (Å²) in [6.45, 7) is 2.89. The first-order valence-corrected chi connectivity index (χ1v) is 8.63. The van der Waals surface area contributed by atoms with E-state index < -0.39 is 0 Å². The third-order valence-electron chi connectivity index (χ3n) is 4.97. The van der Waals surface area contributed by atoms with Crippen LogP contribution in [-0.2, 0) is 13.6 Å². The highest BCUT2D eigenvalue weighted by molar-refractivity contribution is 5.31. The van der Waals surface area contributed by atoms with Gasteiger partial charge in [0.1, 0.15) is 0 Å². The Morgan fingerprint density at radius 2 is 1.92 bits per heavy atom. The summed E-state index contributed by atoms with van der Waals surface area (Å²) < 4.78 is 3.74. The average Bonchev–Trinajstić information content (AvgIpc) is 3.35. The standard InChI is InChI=1S/C19H23N5O/c1-22-11-16(8-20-22)19-13-23(12-17(19)14-25)9-15-7-21-24(10-15)18-5-3-2-4-6-18/h2-8,10-11,17,19,25H,9,12-14H2,1H3/t17-,19-/m0/s1. The van der Waals surface area contributed by atoms with Gasteiger partial charge < -0.3 is 5.11 Å². The smallest absolute Gasteiger partial charge is 0.0645 e. The maximum Gasteiger partial charge on any atom is 0.0645 e. The summed E-state index contributed by atoms with van der Waals surface area (Å²) in [6, 6.07) is 10.1. The lowest BCUT2D eigenvalue weighted by atomic mass is 9.92. The van der Waals surface area contributed by atoms with Crippen LogP contribution < -0.4 is 0 Å². The van der Waals surface area contributed by atoms with Gasteiger partial charge in [0.15, 0.2) is 0 Å². The van der Waals surface area contributed by atoms with E-state index in [1.54, 1.807) is 0 Å². The van der Waals surface area contributed by atoms with Gasteiger partial charge in [-0.05, 0) is 17.7 Å². The number of aliphatic hydroxyl groups excluding tert-OH is 1. The zero-order valence-corrected chi connectivity index (χ0v) is 14.4. The van der Waals surface area contributed by atoms with Gasteiger partial charge in [0, 0.05) is 63.1 Å². The minimum atomic E-state index is 0.208. The van der Waals surface area contributed by atoms with E-state index in [1.807, 2.05) is 59.1 Å². The van der Waals surface area contributed by atoms with Crippen molar-refractivity contribution in [3.8, 4) is 5.69 Å². The zero-order chi connectivity index (χ0) is 17.2. The van der Waals surface area contributed by atoms with Crippen LogP contribution in [-0.4, -0.2) is 49.3 Å². The minimum Gasteiger partial charge on any atom is -0.396 e. The fourth-order valence-electron chi connectivity index (χ4n) is 3.71. The van der Waals surface area contributed by atoms with E-state index in [1.165, 1.54) is 11.1 Å². The number of rotatable bonds is 5. The molecule has 25 heavy (non-hydrogen) atoms. The van der Waals surface area contributed by atoms with Crippen LogP contribution in [0.15, 0.2) is 55.1 Å². The number of nitrogens with zero attached hydrogens (tertiary/aromatic N) is 5. The van der Waals surface area contributed by atoms with Crippen LogP contribution in [0.25, 0.3) is 5.69 Å². The van der Waals surface area contributed by atoms with Crippen LogP contribution in [0.4, 0.5) is 0 Å². The molecule has 3 heterocycles. The van der Waals surface area contributed by atoms with E-state index >= 15 is 0 Å². The molecule has 1 saturated heterocycles. The molecule has 1 aromatic carbocycles. The van der Waals surface area contributed by atoms with Crippen LogP contribution >= 0.6 is 0 Å². The van der Waals surface area contributed by atoms with Crippen molar-refractivity contribution in [3.05, 3.63) is 66.2 Å². The Morgan fingerprint density at radius 1 is 1.08 bits per heavy atom. The Labute approximate surface area is 147 Å². The second kappa shape index (κ2) is 6.82. The van der Waals surface area contributed by atoms with Crippen LogP contribution in [0.2, 0.25) is 0 Å². The minimum absolute atomic E-state index is 0.208. The molecule has 6 nitrogen and oxygen atoms in total. The predicted octanol–water partition coefficient (Wildman–Crippen LogP) is 1.81. The van der Waals surface area contributed by atoms with Crippen molar-refractivity contribution >= 4 is 0 Å². The highest BCUT2D eigenvalue weighted by Gasteiger charge is 2.34. The molecule has 3 aromatic rings. The second-order valence-corrected chi connectivity index (χ2v) is 6.82. The average molecular weight is 337 g/mol. The van der Waals surface area contributed by atoms with Crippen molar-refractivity contribution in [3.63, 3.8) is 0 Å². The molecule has 0 saturated carbocycles. The predicted molar refractivity (Wildman–Crippen MR) is 95.4 cm³/mol. The van der Waals surface area contributed by atoms with Gasteiger partial charge in [0.25, 0.3) is 0 Å². The third kappa shape index (κ3) is 3.36. The maximum atomic E-state index is 9.77. The van der Waals surface area contributed by atoms with E-state index in [9.17, 15) is 5.11 Å². The van der Waals surface area contributed by atoms with Gasteiger partial charge in [-0.3, -0.25) is 9.58 Å². The van der Waals surface area contributed by atoms with Gasteiger partial charge in [-0.25, -0.2) is 4.68 Å². The fourth-order valence-corrected chi connectivity index (χ4v) is 3.71. The van der Waals surface area contributed by atoms with Crippen molar-refractivity contribution < 1.29 is 5.11 Å². The highest BCUT2D eigenvalue weighted by atomic mass is 16.3. The van der Waals surface area contributed by atoms with Crippen LogP contribution in [0.3, 0.4) is 0 Å². The molecule has 130 valence electrons. The molecule has 1 aliphatic rings. The molecule has 1 N–H and O–H groups in total. The lowest BCUT2D eigenvalue weighted by Crippen LogP contribution is -2.20. The van der Waals surface area contributed by atoms with Crippen molar-refractivity contribution in [1.29, 1.82) is 0 Å². The van der Waals surface area contributed by atoms with E-state index in [2.05, 4.69) is 27.5 Å². The van der Waals surface area contributed by atoms with E-state index in [0.717, 1.165) is 25.3 Å². The van der Waals surface area contributed by atoms with Crippen molar-refractivity contribution in [2.75, 3.05) is 19.7 Å². The number of benzene rings is 1. The topological polar surface area (TPSA) is 59.1 Å². The number of likely N-dealkylation sites (tertiary alicyclic amines) is 1. The molecule has 1 aliphatic heterocycles. The third-order valence-corrected chi connectivity index (χ3v) is 4.97. The van der Waals surface area contributed by atoms with Gasteiger partial charge in [-0.1, -0.05) is 18.2 Å². The maximum absolute atomic E-state index is 9.77. The summed E-state index contributed by atoms with van der Waals surface area (Å²) >= 11 is 0. The van der Waals surface area contributed by atoms with Gasteiger partial charge in [-0.15, -0.1) is 0 Å². The number of aliphatic hydroxyl groups is 1. The first kappa shape index (κ1) is 16.1. The lowest BCUT2D eigenvalue weighted by molar-refractivity contribution is 0.214. The Hall–Kier alpha value is -2.44. The molecular weight excluding hydrogens is 314 g/mol. The molecule has 6 heteroatoms. The number of para-hydroxylation sites is 1. The fraction of sp³-hybridized carbons (Fsp3) is 0.368. The van der Waals surface area contributed by atoms with Crippen LogP contribution in [0.5, 0.6) is 0 Å². The largest absolute Gasteiger partial charge is 0.396 e. The summed E-state index contributed by atoms with van der Waals surface area (Å²) in [6.07, 6.45) is 7.99. The lowest BCUT2D eigenvalue weighted by Gasteiger charge is -2.14. The number of hydrogen-bond acceptors (Lipinski definition) is 4. The molecule has 0 bridgehead atoms. The SMILES string of the molecule is Cn1cc([C@@H]2CN(Cc3cnn(-c4ccccc4)c3)C[C@H]2CO)cn1. The second-order valence-electron chi connectivity index (χ2n) is 6.82. The van der Waals surface area contributed by atoms with Crippen molar-refractivity contribution in [2.45, 2.75) is 12.5 Å². The Kier molecular flexibility index (Phi) is 4.38. The Balaban J connectivity index is 1.46. The summed E-state index contributed by atoms with van der Waals surface area (Å²) in [4.78, 5) is 2.39. The summed E-state index contributed by atoms with van der Waals surface area (Å²) in [5.74, 6) is 0.594. The zero-order valence-electron chi connectivity index (χ0n) is 14.4. The Bertz CT molecular complexity index is 825. The first-order chi connectivity index (χ1) is 12.2. The normalized spacial score (nSPS) is 21.0. The molecule has 1 fully saturated rings. The van der Waals surface area contributed by atoms with Gasteiger partial charge in [-0.2, -0.15) is 10.2 Å². The molecule has 4 rings (SSSR count). The quantitative estimate of drug-likeness (QED) is 0.771. The molecule has 0 amide bonds. The molecule has 2 aromatic heterocycles. The molecule has 2 atom stereocenters. The molecule has 0 spiro atoms. The number of hydrogen-bond donors (Lipinski definition) is 1. The number of aryl methyl sites for hydroxylation is 1. The van der Waals surface area contributed by atoms with Crippen LogP contribution in [0.1, 0.15) is 17.0 Å². The van der Waals surface area contributed by atoms with E-state index in [-0.39, 0.29) is 12.5 Å². The summed E-state index contributed by atoms with van der Waals surface area (Å²) in [7, 11) is 1.93. The van der Waals surface area contributed by atoms with Crippen molar-refractivity contribution in [2.24, 2.45) is 13.0 Å². The van der Waals surface area contributed by atoms with Gasteiger partial charge >= 0.3 is 0 Å². The first-order valence-electron chi connectivity index (χ1n) is 8.63. The van der Waals surface area contributed by atoms with E-state index in [4.69, 9.17) is 0 Å². The summed E-state index contributed by atoms with van der Waals surface area (Å²) in [5, 5.41) is 18.5. The Morgan fingerprint density at radius 3 is 2.64 bits per heavy atom. The summed E-state index contributed by atoms with van der Waals surface area (Å²) in [5.41, 5.74) is 3.47.